The van der Waals surface area contributed by atoms with E-state index in [1.807, 2.05) is 60.7 Å². The highest BCUT2D eigenvalue weighted by Crippen LogP contribution is 2.14. The van der Waals surface area contributed by atoms with E-state index in [2.05, 4.69) is 5.16 Å². The maximum Gasteiger partial charge on any atom is 0.344 e. The lowest BCUT2D eigenvalue weighted by Gasteiger charge is -2.23. The molecule has 0 spiro atoms. The van der Waals surface area contributed by atoms with Crippen molar-refractivity contribution in [2.45, 2.75) is 26.8 Å². The second-order valence-corrected chi connectivity index (χ2v) is 6.81. The van der Waals surface area contributed by atoms with Crippen molar-refractivity contribution in [2.75, 3.05) is 13.2 Å². The Bertz CT molecular complexity index is 932. The van der Waals surface area contributed by atoms with Crippen LogP contribution in [0.15, 0.2) is 65.2 Å². The largest absolute Gasteiger partial charge is 0.452 e. The van der Waals surface area contributed by atoms with Crippen LogP contribution in [0.2, 0.25) is 0 Å². The van der Waals surface area contributed by atoms with Crippen LogP contribution in [0, 0.1) is 13.8 Å². The Kier molecular flexibility index (Phi) is 6.79. The third-order valence-corrected chi connectivity index (χ3v) is 4.65. The fourth-order valence-corrected chi connectivity index (χ4v) is 3.07. The summed E-state index contributed by atoms with van der Waals surface area (Å²) in [5.41, 5.74) is 2.89. The zero-order chi connectivity index (χ0) is 20.6. The summed E-state index contributed by atoms with van der Waals surface area (Å²) in [6.07, 6.45) is 0.719. The molecule has 150 valence electrons. The molecule has 3 aromatic rings. The van der Waals surface area contributed by atoms with Gasteiger partial charge < -0.3 is 14.2 Å². The molecule has 0 atom stereocenters. The fourth-order valence-electron chi connectivity index (χ4n) is 3.07. The Morgan fingerprint density at radius 3 is 2.17 bits per heavy atom. The number of hydrogen-bond donors (Lipinski definition) is 0. The first-order chi connectivity index (χ1) is 14.0. The minimum absolute atomic E-state index is 0.245. The van der Waals surface area contributed by atoms with E-state index in [0.29, 0.717) is 24.5 Å². The van der Waals surface area contributed by atoms with Crippen LogP contribution in [0.5, 0.6) is 0 Å². The predicted octanol–water partition coefficient (Wildman–Crippen LogP) is 3.72. The Hall–Kier alpha value is -3.41. The van der Waals surface area contributed by atoms with E-state index in [1.165, 1.54) is 0 Å². The van der Waals surface area contributed by atoms with Crippen molar-refractivity contribution in [3.05, 3.63) is 88.8 Å². The van der Waals surface area contributed by atoms with Crippen LogP contribution in [0.1, 0.15) is 32.9 Å². The normalized spacial score (nSPS) is 10.6. The second kappa shape index (κ2) is 9.68. The minimum Gasteiger partial charge on any atom is -0.452 e. The summed E-state index contributed by atoms with van der Waals surface area (Å²) < 4.78 is 10.2. The van der Waals surface area contributed by atoms with Crippen LogP contribution in [0.3, 0.4) is 0 Å². The van der Waals surface area contributed by atoms with Crippen LogP contribution in [0.4, 0.5) is 0 Å². The van der Waals surface area contributed by atoms with Crippen molar-refractivity contribution in [3.8, 4) is 0 Å². The van der Waals surface area contributed by atoms with Gasteiger partial charge in [0.1, 0.15) is 11.3 Å². The number of aryl methyl sites for hydroxylation is 2. The molecule has 29 heavy (non-hydrogen) atoms. The third-order valence-electron chi connectivity index (χ3n) is 4.65. The Morgan fingerprint density at radius 1 is 0.966 bits per heavy atom. The quantitative estimate of drug-likeness (QED) is 0.546. The molecule has 0 aliphatic rings. The second-order valence-electron chi connectivity index (χ2n) is 6.81. The summed E-state index contributed by atoms with van der Waals surface area (Å²) in [4.78, 5) is 26.9. The van der Waals surface area contributed by atoms with Gasteiger partial charge >= 0.3 is 5.97 Å². The van der Waals surface area contributed by atoms with E-state index in [1.54, 1.807) is 18.7 Å². The van der Waals surface area contributed by atoms with E-state index < -0.39 is 5.97 Å². The van der Waals surface area contributed by atoms with E-state index in [9.17, 15) is 9.59 Å². The average molecular weight is 392 g/mol. The molecule has 0 saturated carbocycles. The number of esters is 1. The highest BCUT2D eigenvalue weighted by molar-refractivity contribution is 5.93. The van der Waals surface area contributed by atoms with Gasteiger partial charge in [-0.2, -0.15) is 0 Å². The molecule has 0 fully saturated rings. The molecule has 1 amide bonds. The first kappa shape index (κ1) is 20.3. The summed E-state index contributed by atoms with van der Waals surface area (Å²) in [6.45, 7) is 3.96. The summed E-state index contributed by atoms with van der Waals surface area (Å²) in [5.74, 6) is -0.465. The zero-order valence-corrected chi connectivity index (χ0v) is 16.6. The van der Waals surface area contributed by atoms with Crippen molar-refractivity contribution in [2.24, 2.45) is 0 Å². The lowest BCUT2D eigenvalue weighted by atomic mass is 10.1. The molecule has 1 heterocycles. The molecular formula is C23H24N2O4. The Morgan fingerprint density at radius 2 is 1.59 bits per heavy atom. The molecule has 0 aliphatic heterocycles. The van der Waals surface area contributed by atoms with Crippen molar-refractivity contribution >= 4 is 11.9 Å². The molecule has 0 saturated heterocycles. The smallest absolute Gasteiger partial charge is 0.344 e. The van der Waals surface area contributed by atoms with E-state index in [4.69, 9.17) is 9.26 Å². The maximum absolute atomic E-state index is 12.8. The van der Waals surface area contributed by atoms with E-state index in [-0.39, 0.29) is 18.1 Å². The van der Waals surface area contributed by atoms with Crippen LogP contribution in [-0.4, -0.2) is 35.1 Å². The third kappa shape index (κ3) is 5.54. The van der Waals surface area contributed by atoms with E-state index >= 15 is 0 Å². The molecule has 6 nitrogen and oxygen atoms in total. The lowest BCUT2D eigenvalue weighted by molar-refractivity contribution is -0.135. The molecule has 0 N–H and O–H groups in total. The number of amides is 1. The van der Waals surface area contributed by atoms with Crippen molar-refractivity contribution < 1.29 is 18.8 Å². The summed E-state index contributed by atoms with van der Waals surface area (Å²) in [7, 11) is 0. The predicted molar refractivity (Wildman–Crippen MR) is 108 cm³/mol. The lowest BCUT2D eigenvalue weighted by Crippen LogP contribution is -2.36. The molecule has 1 aromatic heterocycles. The number of carbonyl (C=O) groups excluding carboxylic acids is 2. The van der Waals surface area contributed by atoms with Gasteiger partial charge in [-0.1, -0.05) is 65.8 Å². The standard InChI is InChI=1S/C23H24N2O4/c1-17-22(18(2)29-24-17)23(27)28-16-21(26)25(15-20-11-7-4-8-12-20)14-13-19-9-5-3-6-10-19/h3-12H,13-16H2,1-2H3. The molecule has 3 rings (SSSR count). The highest BCUT2D eigenvalue weighted by Gasteiger charge is 2.22. The van der Waals surface area contributed by atoms with Crippen LogP contribution in [-0.2, 0) is 22.5 Å². The summed E-state index contributed by atoms with van der Waals surface area (Å²) in [6, 6.07) is 19.7. The zero-order valence-electron chi connectivity index (χ0n) is 16.6. The number of aromatic nitrogens is 1. The molecule has 0 bridgehead atoms. The van der Waals surface area contributed by atoms with Crippen molar-refractivity contribution in [1.29, 1.82) is 0 Å². The number of ether oxygens (including phenoxy) is 1. The highest BCUT2D eigenvalue weighted by atomic mass is 16.5. The van der Waals surface area contributed by atoms with Gasteiger partial charge in [-0.15, -0.1) is 0 Å². The van der Waals surface area contributed by atoms with Gasteiger partial charge in [-0.3, -0.25) is 4.79 Å². The molecule has 2 aromatic carbocycles. The number of nitrogens with zero attached hydrogens (tertiary/aromatic N) is 2. The van der Waals surface area contributed by atoms with Crippen LogP contribution >= 0.6 is 0 Å². The monoisotopic (exact) mass is 392 g/mol. The first-order valence-corrected chi connectivity index (χ1v) is 9.50. The fraction of sp³-hybridized carbons (Fsp3) is 0.261. The molecular weight excluding hydrogens is 368 g/mol. The van der Waals surface area contributed by atoms with Gasteiger partial charge in [0.2, 0.25) is 0 Å². The van der Waals surface area contributed by atoms with Gasteiger partial charge in [0.15, 0.2) is 6.61 Å². The summed E-state index contributed by atoms with van der Waals surface area (Å²) in [5, 5.41) is 3.75. The molecule has 0 radical (unpaired) electrons. The minimum atomic E-state index is -0.600. The topological polar surface area (TPSA) is 72.6 Å². The van der Waals surface area contributed by atoms with Crippen LogP contribution in [0.25, 0.3) is 0 Å². The number of rotatable bonds is 8. The van der Waals surface area contributed by atoms with Gasteiger partial charge in [0.25, 0.3) is 5.91 Å². The van der Waals surface area contributed by atoms with Gasteiger partial charge in [-0.25, -0.2) is 4.79 Å². The first-order valence-electron chi connectivity index (χ1n) is 9.50. The maximum atomic E-state index is 12.8. The molecule has 0 unspecified atom stereocenters. The average Bonchev–Trinajstić information content (AvgIpc) is 3.08. The number of carbonyl (C=O) groups is 2. The van der Waals surface area contributed by atoms with Crippen molar-refractivity contribution in [1.82, 2.24) is 10.1 Å². The van der Waals surface area contributed by atoms with Gasteiger partial charge in [-0.05, 0) is 31.4 Å². The van der Waals surface area contributed by atoms with Crippen LogP contribution < -0.4 is 0 Å². The Balaban J connectivity index is 1.65. The number of benzene rings is 2. The SMILES string of the molecule is Cc1noc(C)c1C(=O)OCC(=O)N(CCc1ccccc1)Cc1ccccc1. The van der Waals surface area contributed by atoms with Gasteiger partial charge in [0, 0.05) is 13.1 Å². The number of hydrogen-bond acceptors (Lipinski definition) is 5. The summed E-state index contributed by atoms with van der Waals surface area (Å²) >= 11 is 0. The Labute approximate surface area is 170 Å². The molecule has 0 aliphatic carbocycles. The molecule has 6 heteroatoms. The van der Waals surface area contributed by atoms with Gasteiger partial charge in [0.05, 0.1) is 5.69 Å². The van der Waals surface area contributed by atoms with E-state index in [0.717, 1.165) is 17.5 Å². The van der Waals surface area contributed by atoms with Crippen molar-refractivity contribution in [3.63, 3.8) is 0 Å².